The number of carbonyl (C=O) groups is 2. The summed E-state index contributed by atoms with van der Waals surface area (Å²) in [4.78, 5) is 34.0. The van der Waals surface area contributed by atoms with E-state index in [0.29, 0.717) is 30.0 Å². The molecule has 2 heterocycles. The summed E-state index contributed by atoms with van der Waals surface area (Å²) >= 11 is 0. The molecule has 6 aromatic carbocycles. The Bertz CT molecular complexity index is 2530. The summed E-state index contributed by atoms with van der Waals surface area (Å²) in [6.45, 7) is 8.56. The van der Waals surface area contributed by atoms with Crippen LogP contribution in [0.1, 0.15) is 80.3 Å². The molecular weight excluding hydrogens is 733 g/mol. The van der Waals surface area contributed by atoms with Gasteiger partial charge in [-0.1, -0.05) is 137 Å². The van der Waals surface area contributed by atoms with Gasteiger partial charge >= 0.3 is 0 Å². The van der Waals surface area contributed by atoms with Gasteiger partial charge in [-0.25, -0.2) is 0 Å². The Hall–Kier alpha value is -7.16. The van der Waals surface area contributed by atoms with E-state index in [2.05, 4.69) is 52.0 Å². The lowest BCUT2D eigenvalue weighted by molar-refractivity contribution is -0.120. The molecule has 0 saturated carbocycles. The van der Waals surface area contributed by atoms with Crippen molar-refractivity contribution in [2.45, 2.75) is 68.9 Å². The number of hydrogen-bond acceptors (Lipinski definition) is 6. The SMILES string of the molecule is CC(C)(c1ccc(OC#N)cc1)c1ccc(N2C(=O)CCC23CC(c2ccccc2)(c2ccccc2)C(=O)N3c2ccc(C(C)(C)c3ccc(OC#N)cc3)cc2)cc1. The number of carbonyl (C=O) groups excluding carboxylic acids is 2. The van der Waals surface area contributed by atoms with Gasteiger partial charge in [-0.15, -0.1) is 10.5 Å². The molecule has 1 spiro atoms. The minimum atomic E-state index is -1.08. The number of amides is 2. The number of nitrogens with zero attached hydrogens (tertiary/aromatic N) is 4. The molecule has 2 amide bonds. The predicted molar refractivity (Wildman–Crippen MR) is 228 cm³/mol. The maximum atomic E-state index is 15.8. The number of nitriles is 2. The van der Waals surface area contributed by atoms with Gasteiger partial charge in [0.05, 0.1) is 0 Å². The van der Waals surface area contributed by atoms with Gasteiger partial charge in [-0.3, -0.25) is 19.4 Å². The van der Waals surface area contributed by atoms with Gasteiger partial charge in [0, 0.05) is 35.0 Å². The van der Waals surface area contributed by atoms with Crippen LogP contribution in [0.15, 0.2) is 158 Å². The second-order valence-electron chi connectivity index (χ2n) is 16.4. The molecule has 8 rings (SSSR count). The quantitative estimate of drug-likeness (QED) is 0.128. The van der Waals surface area contributed by atoms with Crippen molar-refractivity contribution in [3.63, 3.8) is 0 Å². The van der Waals surface area contributed by atoms with Gasteiger partial charge in [0.15, 0.2) is 0 Å². The van der Waals surface area contributed by atoms with E-state index >= 15 is 4.79 Å². The van der Waals surface area contributed by atoms with Crippen molar-refractivity contribution in [1.29, 1.82) is 10.5 Å². The molecule has 8 heteroatoms. The third kappa shape index (κ3) is 6.48. The number of ether oxygens (including phenoxy) is 2. The Morgan fingerprint density at radius 1 is 0.525 bits per heavy atom. The molecule has 2 fully saturated rings. The molecule has 1 unspecified atom stereocenters. The van der Waals surface area contributed by atoms with Crippen LogP contribution in [0.25, 0.3) is 0 Å². The van der Waals surface area contributed by atoms with Crippen molar-refractivity contribution in [1.82, 2.24) is 0 Å². The zero-order valence-electron chi connectivity index (χ0n) is 33.6. The van der Waals surface area contributed by atoms with Crippen LogP contribution in [-0.4, -0.2) is 17.5 Å². The fourth-order valence-corrected chi connectivity index (χ4v) is 9.28. The van der Waals surface area contributed by atoms with E-state index in [4.69, 9.17) is 20.0 Å². The fourth-order valence-electron chi connectivity index (χ4n) is 9.28. The van der Waals surface area contributed by atoms with E-state index in [1.165, 1.54) is 0 Å². The highest BCUT2D eigenvalue weighted by atomic mass is 16.5. The number of rotatable bonds is 10. The minimum Gasteiger partial charge on any atom is -0.388 e. The number of hydrogen-bond donors (Lipinski definition) is 0. The van der Waals surface area contributed by atoms with Gasteiger partial charge in [0.2, 0.25) is 11.8 Å². The molecule has 2 aliphatic heterocycles. The Morgan fingerprint density at radius 3 is 1.29 bits per heavy atom. The zero-order valence-corrected chi connectivity index (χ0v) is 33.6. The van der Waals surface area contributed by atoms with Crippen molar-refractivity contribution in [3.05, 3.63) is 191 Å². The highest BCUT2D eigenvalue weighted by molar-refractivity contribution is 6.12. The van der Waals surface area contributed by atoms with Crippen molar-refractivity contribution in [3.8, 4) is 24.0 Å². The maximum Gasteiger partial charge on any atom is 0.292 e. The predicted octanol–water partition coefficient (Wildman–Crippen LogP) is 10.3. The molecule has 2 aliphatic rings. The molecule has 6 aromatic rings. The molecule has 292 valence electrons. The molecule has 0 N–H and O–H groups in total. The van der Waals surface area contributed by atoms with Crippen molar-refractivity contribution < 1.29 is 19.1 Å². The highest BCUT2D eigenvalue weighted by Gasteiger charge is 2.66. The summed E-state index contributed by atoms with van der Waals surface area (Å²) < 4.78 is 10.0. The number of benzene rings is 6. The standard InChI is InChI=1S/C51H44N4O4/c1-48(2,38-19-27-44(28-20-38)58-34-52)36-15-23-42(24-16-36)54-46(56)31-32-50(54)33-51(40-11-7-5-8-12-40,41-13-9-6-10-14-41)47(57)55(50)43-25-17-37(18-26-43)49(3,4)39-21-29-45(30-22-39)59-35-53/h5-30H,31-33H2,1-4H3. The third-order valence-electron chi connectivity index (χ3n) is 12.6. The second kappa shape index (κ2) is 15.0. The van der Waals surface area contributed by atoms with Crippen LogP contribution in [0.5, 0.6) is 11.5 Å². The smallest absolute Gasteiger partial charge is 0.292 e. The van der Waals surface area contributed by atoms with Crippen LogP contribution < -0.4 is 19.3 Å². The summed E-state index contributed by atoms with van der Waals surface area (Å²) in [6, 6.07) is 51.2. The Labute approximate surface area is 345 Å². The summed E-state index contributed by atoms with van der Waals surface area (Å²) in [5.74, 6) is 0.833. The van der Waals surface area contributed by atoms with Crippen molar-refractivity contribution >= 4 is 23.2 Å². The summed E-state index contributed by atoms with van der Waals surface area (Å²) in [5.41, 5.74) is 4.44. The lowest BCUT2D eigenvalue weighted by atomic mass is 9.71. The number of anilines is 2. The highest BCUT2D eigenvalue weighted by Crippen LogP contribution is 2.56. The average molecular weight is 777 g/mol. The van der Waals surface area contributed by atoms with Gasteiger partial charge in [-0.05, 0) is 88.3 Å². The first-order valence-corrected chi connectivity index (χ1v) is 19.8. The van der Waals surface area contributed by atoms with E-state index in [9.17, 15) is 4.79 Å². The maximum absolute atomic E-state index is 15.8. The Balaban J connectivity index is 1.24. The summed E-state index contributed by atoms with van der Waals surface area (Å²) in [7, 11) is 0. The van der Waals surface area contributed by atoms with Crippen LogP contribution in [-0.2, 0) is 25.8 Å². The minimum absolute atomic E-state index is 0.0404. The zero-order chi connectivity index (χ0) is 41.4. The molecule has 0 aliphatic carbocycles. The van der Waals surface area contributed by atoms with Crippen LogP contribution in [0, 0.1) is 23.0 Å². The van der Waals surface area contributed by atoms with Gasteiger partial charge in [-0.2, -0.15) is 0 Å². The van der Waals surface area contributed by atoms with Gasteiger partial charge in [0.1, 0.15) is 22.6 Å². The van der Waals surface area contributed by atoms with Gasteiger partial charge in [0.25, 0.3) is 12.5 Å². The van der Waals surface area contributed by atoms with Gasteiger partial charge < -0.3 is 9.47 Å². The molecule has 2 saturated heterocycles. The first kappa shape index (κ1) is 38.7. The van der Waals surface area contributed by atoms with Crippen LogP contribution in [0.4, 0.5) is 11.4 Å². The summed E-state index contributed by atoms with van der Waals surface area (Å²) in [5, 5.41) is 17.9. The van der Waals surface area contributed by atoms with E-state index in [1.807, 2.05) is 119 Å². The lowest BCUT2D eigenvalue weighted by Gasteiger charge is -2.42. The lowest BCUT2D eigenvalue weighted by Crippen LogP contribution is -2.56. The third-order valence-corrected chi connectivity index (χ3v) is 12.6. The molecule has 59 heavy (non-hydrogen) atoms. The van der Waals surface area contributed by atoms with Crippen molar-refractivity contribution in [2.75, 3.05) is 9.80 Å². The second-order valence-corrected chi connectivity index (χ2v) is 16.4. The molecule has 0 aromatic heterocycles. The van der Waals surface area contributed by atoms with Crippen LogP contribution in [0.2, 0.25) is 0 Å². The molecule has 1 atom stereocenters. The van der Waals surface area contributed by atoms with E-state index < -0.39 is 21.9 Å². The van der Waals surface area contributed by atoms with Crippen LogP contribution >= 0.6 is 0 Å². The first-order chi connectivity index (χ1) is 28.5. The largest absolute Gasteiger partial charge is 0.388 e. The van der Waals surface area contributed by atoms with E-state index in [1.54, 1.807) is 36.8 Å². The van der Waals surface area contributed by atoms with E-state index in [0.717, 1.165) is 39.1 Å². The normalized spacial score (nSPS) is 17.5. The van der Waals surface area contributed by atoms with Crippen molar-refractivity contribution in [2.24, 2.45) is 0 Å². The first-order valence-electron chi connectivity index (χ1n) is 19.8. The summed E-state index contributed by atoms with van der Waals surface area (Å²) in [6.07, 6.45) is 4.54. The van der Waals surface area contributed by atoms with Crippen LogP contribution in [0.3, 0.4) is 0 Å². The molecule has 0 bridgehead atoms. The monoisotopic (exact) mass is 776 g/mol. The molecular formula is C51H44N4O4. The van der Waals surface area contributed by atoms with E-state index in [-0.39, 0.29) is 18.2 Å². The topological polar surface area (TPSA) is 107 Å². The fraction of sp³-hybridized carbons (Fsp3) is 0.216. The molecule has 8 nitrogen and oxygen atoms in total. The Morgan fingerprint density at radius 2 is 0.898 bits per heavy atom. The molecule has 0 radical (unpaired) electrons. The Kier molecular flexibility index (Phi) is 9.82. The average Bonchev–Trinajstić information content (AvgIpc) is 3.73.